The van der Waals surface area contributed by atoms with Crippen molar-refractivity contribution in [1.82, 2.24) is 19.9 Å². The van der Waals surface area contributed by atoms with Crippen LogP contribution in [-0.2, 0) is 4.74 Å². The average molecular weight is 497 g/mol. The Kier molecular flexibility index (Phi) is 6.03. The molecule has 11 heteroatoms. The first kappa shape index (κ1) is 22.5. The lowest BCUT2D eigenvalue weighted by Crippen LogP contribution is -2.52. The van der Waals surface area contributed by atoms with Crippen LogP contribution in [0.3, 0.4) is 0 Å². The molecule has 1 aliphatic rings. The Labute approximate surface area is 204 Å². The van der Waals surface area contributed by atoms with E-state index in [4.69, 9.17) is 21.1 Å². The van der Waals surface area contributed by atoms with Crippen LogP contribution in [0.2, 0.25) is 5.15 Å². The summed E-state index contributed by atoms with van der Waals surface area (Å²) in [5, 5.41) is 3.67. The number of halogens is 1. The fourth-order valence-corrected chi connectivity index (χ4v) is 4.76. The number of ether oxygens (including phenoxy) is 2. The van der Waals surface area contributed by atoms with Crippen molar-refractivity contribution in [2.24, 2.45) is 0 Å². The minimum atomic E-state index is -0.338. The van der Waals surface area contributed by atoms with Gasteiger partial charge in [-0.1, -0.05) is 22.9 Å². The molecule has 4 aromatic heterocycles. The zero-order chi connectivity index (χ0) is 23.8. The number of methoxy groups -OCH3 is 2. The summed E-state index contributed by atoms with van der Waals surface area (Å²) < 4.78 is 11.7. The molecule has 34 heavy (non-hydrogen) atoms. The Morgan fingerprint density at radius 3 is 2.71 bits per heavy atom. The van der Waals surface area contributed by atoms with Gasteiger partial charge in [0, 0.05) is 49.3 Å². The average Bonchev–Trinajstić information content (AvgIpc) is 3.19. The highest BCUT2D eigenvalue weighted by atomic mass is 35.5. The number of hydrogen-bond acceptors (Lipinski definition) is 9. The first-order chi connectivity index (χ1) is 16.4. The van der Waals surface area contributed by atoms with Crippen molar-refractivity contribution in [3.8, 4) is 16.9 Å². The third kappa shape index (κ3) is 4.27. The molecule has 1 N–H and O–H groups in total. The largest absolute Gasteiger partial charge is 0.494 e. The summed E-state index contributed by atoms with van der Waals surface area (Å²) in [6.45, 7) is 3.47. The molecule has 0 saturated carbocycles. The first-order valence-corrected chi connectivity index (χ1v) is 11.7. The zero-order valence-electron chi connectivity index (χ0n) is 18.7. The number of carbonyl (C=O) groups is 1. The fourth-order valence-electron chi connectivity index (χ4n) is 3.74. The molecule has 1 saturated heterocycles. The van der Waals surface area contributed by atoms with Crippen LogP contribution in [0.1, 0.15) is 16.1 Å². The second-order valence-electron chi connectivity index (χ2n) is 7.82. The minimum Gasteiger partial charge on any atom is -0.494 e. The summed E-state index contributed by atoms with van der Waals surface area (Å²) in [6.07, 6.45) is 5.02. The van der Waals surface area contributed by atoms with Gasteiger partial charge >= 0.3 is 0 Å². The quantitative estimate of drug-likeness (QED) is 0.396. The lowest BCUT2D eigenvalue weighted by molar-refractivity contribution is 0.0783. The molecule has 1 fully saturated rings. The van der Waals surface area contributed by atoms with E-state index in [1.165, 1.54) is 23.7 Å². The number of amides is 1. The van der Waals surface area contributed by atoms with Crippen LogP contribution in [0.5, 0.6) is 5.75 Å². The molecule has 0 aromatic carbocycles. The molecule has 9 nitrogen and oxygen atoms in total. The first-order valence-electron chi connectivity index (χ1n) is 10.5. The van der Waals surface area contributed by atoms with Gasteiger partial charge in [0.25, 0.3) is 5.91 Å². The van der Waals surface area contributed by atoms with Gasteiger partial charge in [-0.2, -0.15) is 0 Å². The molecular formula is C23H21ClN6O3S. The normalized spacial score (nSPS) is 13.7. The zero-order valence-corrected chi connectivity index (χ0v) is 20.3. The van der Waals surface area contributed by atoms with E-state index in [2.05, 4.69) is 30.2 Å². The predicted octanol–water partition coefficient (Wildman–Crippen LogP) is 4.21. The molecule has 0 radical (unpaired) electrons. The maximum absolute atomic E-state index is 13.3. The molecule has 0 bridgehead atoms. The number of thiazole rings is 1. The summed E-state index contributed by atoms with van der Waals surface area (Å²) in [6, 6.07) is 5.47. The number of hydrogen-bond donors (Lipinski definition) is 1. The number of anilines is 2. The maximum atomic E-state index is 13.3. The number of pyridine rings is 3. The van der Waals surface area contributed by atoms with Crippen LogP contribution >= 0.6 is 22.9 Å². The lowest BCUT2D eigenvalue weighted by atomic mass is 10.0. The molecule has 0 unspecified atom stereocenters. The third-order valence-corrected chi connectivity index (χ3v) is 6.76. The topological polar surface area (TPSA) is 102 Å². The number of rotatable bonds is 6. The lowest BCUT2D eigenvalue weighted by Gasteiger charge is -2.38. The van der Waals surface area contributed by atoms with Crippen molar-refractivity contribution < 1.29 is 14.3 Å². The highest BCUT2D eigenvalue weighted by Gasteiger charge is 2.28. The van der Waals surface area contributed by atoms with Crippen molar-refractivity contribution >= 4 is 50.0 Å². The molecule has 0 aliphatic carbocycles. The van der Waals surface area contributed by atoms with Gasteiger partial charge in [-0.15, -0.1) is 0 Å². The number of aryl methyl sites for hydroxylation is 1. The van der Waals surface area contributed by atoms with Crippen molar-refractivity contribution in [2.75, 3.05) is 37.5 Å². The van der Waals surface area contributed by atoms with Crippen LogP contribution < -0.4 is 15.0 Å². The van der Waals surface area contributed by atoms with E-state index in [9.17, 15) is 4.79 Å². The smallest absolute Gasteiger partial charge is 0.259 e. The van der Waals surface area contributed by atoms with Crippen LogP contribution in [0.15, 0.2) is 36.8 Å². The molecule has 174 valence electrons. The van der Waals surface area contributed by atoms with E-state index < -0.39 is 0 Å². The maximum Gasteiger partial charge on any atom is 0.259 e. The van der Waals surface area contributed by atoms with E-state index in [1.807, 2.05) is 19.1 Å². The molecule has 5 heterocycles. The van der Waals surface area contributed by atoms with Crippen molar-refractivity contribution in [3.05, 3.63) is 53.2 Å². The summed E-state index contributed by atoms with van der Waals surface area (Å²) >= 11 is 7.52. The summed E-state index contributed by atoms with van der Waals surface area (Å²) in [5.41, 5.74) is 3.14. The molecular weight excluding hydrogens is 476 g/mol. The SMILES string of the molecule is COc1cnc(Cl)cc1-c1cc(C)ncc1C(=O)Nc1nc2cnc(N3CC(OC)C3)cc2s1. The number of aromatic nitrogens is 4. The van der Waals surface area contributed by atoms with Gasteiger partial charge in [0.2, 0.25) is 0 Å². The summed E-state index contributed by atoms with van der Waals surface area (Å²) in [7, 11) is 3.26. The third-order valence-electron chi connectivity index (χ3n) is 5.62. The number of nitrogens with zero attached hydrogens (tertiary/aromatic N) is 5. The Morgan fingerprint density at radius 1 is 1.12 bits per heavy atom. The van der Waals surface area contributed by atoms with E-state index in [-0.39, 0.29) is 12.0 Å². The van der Waals surface area contributed by atoms with Crippen molar-refractivity contribution in [1.29, 1.82) is 0 Å². The molecule has 1 aliphatic heterocycles. The molecule has 0 spiro atoms. The molecule has 5 rings (SSSR count). The van der Waals surface area contributed by atoms with Crippen molar-refractivity contribution in [2.45, 2.75) is 13.0 Å². The van der Waals surface area contributed by atoms with Gasteiger partial charge in [0.05, 0.1) is 35.9 Å². The minimum absolute atomic E-state index is 0.236. The molecule has 1 amide bonds. The standard InChI is InChI=1S/C23H21ClN6O3S/c1-12-4-14(15-5-20(24)26-9-18(15)33-3)16(7-25-12)22(31)29-23-28-17-8-27-21(6-19(17)34-23)30-10-13(11-30)32-2/h4-9,13H,10-11H2,1-3H3,(H,28,29,31). The van der Waals surface area contributed by atoms with Crippen LogP contribution in [-0.4, -0.2) is 59.3 Å². The van der Waals surface area contributed by atoms with Gasteiger partial charge in [-0.25, -0.2) is 15.0 Å². The molecule has 4 aromatic rings. The summed E-state index contributed by atoms with van der Waals surface area (Å²) in [4.78, 5) is 32.8. The number of nitrogens with one attached hydrogen (secondary N) is 1. The second kappa shape index (κ2) is 9.13. The van der Waals surface area contributed by atoms with Gasteiger partial charge < -0.3 is 14.4 Å². The van der Waals surface area contributed by atoms with Crippen LogP contribution in [0.25, 0.3) is 21.3 Å². The van der Waals surface area contributed by atoms with E-state index >= 15 is 0 Å². The van der Waals surface area contributed by atoms with E-state index in [0.717, 1.165) is 34.8 Å². The Bertz CT molecular complexity index is 1390. The van der Waals surface area contributed by atoms with Gasteiger partial charge in [-0.3, -0.25) is 15.1 Å². The highest BCUT2D eigenvalue weighted by Crippen LogP contribution is 2.35. The van der Waals surface area contributed by atoms with Gasteiger partial charge in [0.1, 0.15) is 22.2 Å². The summed E-state index contributed by atoms with van der Waals surface area (Å²) in [5.74, 6) is 1.04. The highest BCUT2D eigenvalue weighted by molar-refractivity contribution is 7.22. The Morgan fingerprint density at radius 2 is 1.94 bits per heavy atom. The van der Waals surface area contributed by atoms with Crippen molar-refractivity contribution in [3.63, 3.8) is 0 Å². The Balaban J connectivity index is 1.43. The van der Waals surface area contributed by atoms with Gasteiger partial charge in [0.15, 0.2) is 5.13 Å². The van der Waals surface area contributed by atoms with E-state index in [1.54, 1.807) is 26.5 Å². The van der Waals surface area contributed by atoms with Gasteiger partial charge in [-0.05, 0) is 19.1 Å². The predicted molar refractivity (Wildman–Crippen MR) is 132 cm³/mol. The Hall–Kier alpha value is -3.34. The number of fused-ring (bicyclic) bond motifs is 1. The number of carbonyl (C=O) groups excluding carboxylic acids is 1. The van der Waals surface area contributed by atoms with E-state index in [0.29, 0.717) is 32.7 Å². The fraction of sp³-hybridized carbons (Fsp3) is 0.261. The monoisotopic (exact) mass is 496 g/mol. The molecule has 0 atom stereocenters. The van der Waals surface area contributed by atoms with Crippen LogP contribution in [0, 0.1) is 6.92 Å². The second-order valence-corrected chi connectivity index (χ2v) is 9.24. The van der Waals surface area contributed by atoms with Crippen LogP contribution in [0.4, 0.5) is 10.9 Å².